The van der Waals surface area contributed by atoms with Gasteiger partial charge in [0.25, 0.3) is 0 Å². The highest BCUT2D eigenvalue weighted by molar-refractivity contribution is 5.13. The molecule has 0 N–H and O–H groups in total. The van der Waals surface area contributed by atoms with Crippen LogP contribution in [-0.4, -0.2) is 19.3 Å². The Hall–Kier alpha value is -0.860. The van der Waals surface area contributed by atoms with Gasteiger partial charge in [0, 0.05) is 6.61 Å². The lowest BCUT2D eigenvalue weighted by Crippen LogP contribution is -2.19. The van der Waals surface area contributed by atoms with E-state index in [4.69, 9.17) is 9.47 Å². The molecule has 0 aromatic heterocycles. The summed E-state index contributed by atoms with van der Waals surface area (Å²) in [6.45, 7) is 4.47. The van der Waals surface area contributed by atoms with Gasteiger partial charge in [-0.05, 0) is 24.3 Å². The third kappa shape index (κ3) is 15.9. The van der Waals surface area contributed by atoms with Gasteiger partial charge in [-0.25, -0.2) is 0 Å². The smallest absolute Gasteiger partial charge is 0.0810 e. The Kier molecular flexibility index (Phi) is 16.8. The van der Waals surface area contributed by atoms with Gasteiger partial charge >= 0.3 is 0 Å². The van der Waals surface area contributed by atoms with Crippen molar-refractivity contribution in [2.45, 2.75) is 135 Å². The lowest BCUT2D eigenvalue weighted by atomic mass is 10.0. The number of hydrogen-bond donors (Lipinski definition) is 0. The minimum absolute atomic E-state index is 0.211. The second-order valence-electron chi connectivity index (χ2n) is 10.1. The van der Waals surface area contributed by atoms with Crippen molar-refractivity contribution < 1.29 is 9.47 Å². The van der Waals surface area contributed by atoms with E-state index >= 15 is 0 Å². The molecular weight excluding hydrogens is 392 g/mol. The highest BCUT2D eigenvalue weighted by atomic mass is 16.5. The molecule has 1 fully saturated rings. The first kappa shape index (κ1) is 27.4. The largest absolute Gasteiger partial charge is 0.379 e. The molecule has 1 aliphatic carbocycles. The zero-order chi connectivity index (χ0) is 22.5. The molecule has 1 unspecified atom stereocenters. The topological polar surface area (TPSA) is 18.5 Å². The van der Waals surface area contributed by atoms with Crippen LogP contribution >= 0.6 is 0 Å². The molecule has 2 rings (SSSR count). The van der Waals surface area contributed by atoms with E-state index in [2.05, 4.69) is 31.2 Å². The Morgan fingerprint density at radius 1 is 0.719 bits per heavy atom. The maximum Gasteiger partial charge on any atom is 0.0810 e. The van der Waals surface area contributed by atoms with Crippen LogP contribution in [-0.2, 0) is 16.1 Å². The molecule has 184 valence electrons. The summed E-state index contributed by atoms with van der Waals surface area (Å²) >= 11 is 0. The van der Waals surface area contributed by atoms with Gasteiger partial charge in [-0.3, -0.25) is 0 Å². The molecule has 0 amide bonds. The van der Waals surface area contributed by atoms with Crippen LogP contribution in [0, 0.1) is 5.92 Å². The highest BCUT2D eigenvalue weighted by Crippen LogP contribution is 2.34. The third-order valence-corrected chi connectivity index (χ3v) is 6.94. The lowest BCUT2D eigenvalue weighted by molar-refractivity contribution is -0.0269. The van der Waals surface area contributed by atoms with E-state index in [1.807, 2.05) is 6.07 Å². The van der Waals surface area contributed by atoms with Gasteiger partial charge in [-0.2, -0.15) is 0 Å². The summed E-state index contributed by atoms with van der Waals surface area (Å²) in [7, 11) is 0. The predicted molar refractivity (Wildman–Crippen MR) is 138 cm³/mol. The van der Waals surface area contributed by atoms with Crippen molar-refractivity contribution in [3.05, 3.63) is 35.9 Å². The second-order valence-corrected chi connectivity index (χ2v) is 10.1. The minimum atomic E-state index is 0.211. The first-order valence-electron chi connectivity index (χ1n) is 14.1. The van der Waals surface area contributed by atoms with Crippen LogP contribution in [0.2, 0.25) is 0 Å². The molecule has 1 aromatic carbocycles. The summed E-state index contributed by atoms with van der Waals surface area (Å²) in [5.41, 5.74) is 1.24. The van der Waals surface area contributed by atoms with Crippen LogP contribution in [0.15, 0.2) is 30.3 Å². The molecule has 0 aliphatic heterocycles. The van der Waals surface area contributed by atoms with E-state index < -0.39 is 0 Å². The summed E-state index contributed by atoms with van der Waals surface area (Å²) < 4.78 is 11.9. The first-order chi connectivity index (χ1) is 15.9. The van der Waals surface area contributed by atoms with E-state index in [9.17, 15) is 0 Å². The minimum Gasteiger partial charge on any atom is -0.379 e. The van der Waals surface area contributed by atoms with Gasteiger partial charge in [0.1, 0.15) is 0 Å². The number of rotatable bonds is 23. The van der Waals surface area contributed by atoms with Gasteiger partial charge in [0.05, 0.1) is 19.3 Å². The van der Waals surface area contributed by atoms with Crippen LogP contribution in [0.3, 0.4) is 0 Å². The molecule has 0 heterocycles. The van der Waals surface area contributed by atoms with Gasteiger partial charge < -0.3 is 9.47 Å². The van der Waals surface area contributed by atoms with E-state index in [1.54, 1.807) is 0 Å². The van der Waals surface area contributed by atoms with Crippen LogP contribution in [0.4, 0.5) is 0 Å². The third-order valence-electron chi connectivity index (χ3n) is 6.94. The van der Waals surface area contributed by atoms with Crippen molar-refractivity contribution >= 4 is 0 Å². The van der Waals surface area contributed by atoms with E-state index in [-0.39, 0.29) is 6.10 Å². The summed E-state index contributed by atoms with van der Waals surface area (Å²) in [5, 5.41) is 0. The molecule has 0 radical (unpaired) electrons. The molecule has 1 atom stereocenters. The number of hydrogen-bond acceptors (Lipinski definition) is 2. The molecule has 2 heteroatoms. The Labute approximate surface area is 199 Å². The van der Waals surface area contributed by atoms with E-state index in [0.717, 1.165) is 25.6 Å². The standard InChI is InChI=1S/C30H52O2/c1-2-30(32-26-29-21-17-15-18-22-29)27-31-25-19-14-12-10-8-6-4-3-5-7-9-11-13-16-20-28-23-24-28/h15,17-18,21-22,28,30H,2-14,16,19-20,23-27H2,1H3. The fraction of sp³-hybridized carbons (Fsp3) is 0.800. The normalized spacial score (nSPS) is 14.7. The van der Waals surface area contributed by atoms with Crippen molar-refractivity contribution in [1.82, 2.24) is 0 Å². The van der Waals surface area contributed by atoms with E-state index in [1.165, 1.54) is 115 Å². The van der Waals surface area contributed by atoms with Gasteiger partial charge in [-0.1, -0.05) is 140 Å². The molecular formula is C30H52O2. The SMILES string of the molecule is CCC(COCCCCCCCCCCCCCCCCC1CC1)OCc1ccccc1. The number of ether oxygens (including phenoxy) is 2. The van der Waals surface area contributed by atoms with Crippen LogP contribution in [0.25, 0.3) is 0 Å². The molecule has 1 aliphatic rings. The Bertz CT molecular complexity index is 511. The van der Waals surface area contributed by atoms with Crippen molar-refractivity contribution in [2.24, 2.45) is 5.92 Å². The second kappa shape index (κ2) is 19.6. The average molecular weight is 445 g/mol. The molecule has 2 nitrogen and oxygen atoms in total. The van der Waals surface area contributed by atoms with Gasteiger partial charge in [0.2, 0.25) is 0 Å². The number of benzene rings is 1. The molecule has 0 bridgehead atoms. The van der Waals surface area contributed by atoms with E-state index in [0.29, 0.717) is 6.61 Å². The fourth-order valence-corrected chi connectivity index (χ4v) is 4.45. The summed E-state index contributed by atoms with van der Waals surface area (Å²) in [6, 6.07) is 10.4. The van der Waals surface area contributed by atoms with Crippen molar-refractivity contribution in [2.75, 3.05) is 13.2 Å². The average Bonchev–Trinajstić information content (AvgIpc) is 3.65. The van der Waals surface area contributed by atoms with Crippen LogP contribution in [0.1, 0.15) is 128 Å². The summed E-state index contributed by atoms with van der Waals surface area (Å²) in [4.78, 5) is 0. The number of unbranched alkanes of at least 4 members (excludes halogenated alkanes) is 13. The van der Waals surface area contributed by atoms with Gasteiger partial charge in [0.15, 0.2) is 0 Å². The van der Waals surface area contributed by atoms with Crippen molar-refractivity contribution in [3.63, 3.8) is 0 Å². The Morgan fingerprint density at radius 3 is 1.78 bits per heavy atom. The van der Waals surface area contributed by atoms with Crippen LogP contribution < -0.4 is 0 Å². The lowest BCUT2D eigenvalue weighted by Gasteiger charge is -2.16. The first-order valence-corrected chi connectivity index (χ1v) is 14.1. The van der Waals surface area contributed by atoms with Gasteiger partial charge in [-0.15, -0.1) is 0 Å². The molecule has 1 saturated carbocycles. The molecule has 0 saturated heterocycles. The molecule has 0 spiro atoms. The maximum absolute atomic E-state index is 5.99. The highest BCUT2D eigenvalue weighted by Gasteiger charge is 2.19. The van der Waals surface area contributed by atoms with Crippen LogP contribution in [0.5, 0.6) is 0 Å². The Morgan fingerprint density at radius 2 is 1.25 bits per heavy atom. The zero-order valence-electron chi connectivity index (χ0n) is 21.2. The Balaban J connectivity index is 1.24. The summed E-state index contributed by atoms with van der Waals surface area (Å²) in [5.74, 6) is 1.13. The van der Waals surface area contributed by atoms with Crippen molar-refractivity contribution in [3.8, 4) is 0 Å². The monoisotopic (exact) mass is 444 g/mol. The van der Waals surface area contributed by atoms with Crippen molar-refractivity contribution in [1.29, 1.82) is 0 Å². The maximum atomic E-state index is 5.99. The fourth-order valence-electron chi connectivity index (χ4n) is 4.45. The predicted octanol–water partition coefficient (Wildman–Crippen LogP) is 9.26. The molecule has 32 heavy (non-hydrogen) atoms. The summed E-state index contributed by atoms with van der Waals surface area (Å²) in [6.07, 6.45) is 25.7. The quantitative estimate of drug-likeness (QED) is 0.157. The zero-order valence-corrected chi connectivity index (χ0v) is 21.2. The molecule has 1 aromatic rings.